The maximum Gasteiger partial charge on any atom is 0.211 e. The van der Waals surface area contributed by atoms with Crippen LogP contribution in [0, 0.1) is 29.2 Å². The van der Waals surface area contributed by atoms with Crippen LogP contribution in [0.2, 0.25) is 0 Å². The van der Waals surface area contributed by atoms with Gasteiger partial charge in [0.15, 0.2) is 0 Å². The van der Waals surface area contributed by atoms with Crippen LogP contribution in [0.25, 0.3) is 82.1 Å². The highest BCUT2D eigenvalue weighted by Crippen LogP contribution is 2.40. The summed E-state index contributed by atoms with van der Waals surface area (Å²) in [5.41, 5.74) is 11.4. The fraction of sp³-hybridized carbons (Fsp3) is 0. The van der Waals surface area contributed by atoms with Crippen molar-refractivity contribution in [1.29, 1.82) is 10.5 Å². The van der Waals surface area contributed by atoms with E-state index in [1.807, 2.05) is 47.0 Å². The molecule has 5 nitrogen and oxygen atoms in total. The van der Waals surface area contributed by atoms with Gasteiger partial charge in [0, 0.05) is 27.4 Å². The molecule has 50 heavy (non-hydrogen) atoms. The Bertz CT molecular complexity index is 2900. The zero-order chi connectivity index (χ0) is 33.8. The van der Waals surface area contributed by atoms with Crippen molar-refractivity contribution < 1.29 is 0 Å². The van der Waals surface area contributed by atoms with Crippen molar-refractivity contribution in [2.45, 2.75) is 0 Å². The van der Waals surface area contributed by atoms with Gasteiger partial charge >= 0.3 is 0 Å². The summed E-state index contributed by atoms with van der Waals surface area (Å²) in [4.78, 5) is 3.81. The van der Waals surface area contributed by atoms with Crippen molar-refractivity contribution in [1.82, 2.24) is 9.13 Å². The largest absolute Gasteiger partial charge is 0.319 e. The second kappa shape index (κ2) is 11.4. The van der Waals surface area contributed by atoms with Gasteiger partial charge in [-0.3, -0.25) is 0 Å². The van der Waals surface area contributed by atoms with Gasteiger partial charge in [0.25, 0.3) is 0 Å². The van der Waals surface area contributed by atoms with Crippen molar-refractivity contribution >= 4 is 49.3 Å². The molecule has 0 amide bonds. The molecule has 2 heterocycles. The SMILES string of the molecule is [C-]#[N+]c1cccc2c3cc(C#N)ccc3n(-c3ccc(-c4ccc(-c5ccccc5-n5c6ccccc6c6ccccc65)cc4)c(C#N)c3)c12. The molecule has 0 fully saturated rings. The summed E-state index contributed by atoms with van der Waals surface area (Å²) in [7, 11) is 0. The quantitative estimate of drug-likeness (QED) is 0.181. The highest BCUT2D eigenvalue weighted by atomic mass is 15.0. The molecule has 0 spiro atoms. The fourth-order valence-electron chi connectivity index (χ4n) is 7.42. The first-order valence-electron chi connectivity index (χ1n) is 16.3. The van der Waals surface area contributed by atoms with Gasteiger partial charge in [-0.1, -0.05) is 103 Å². The smallest absolute Gasteiger partial charge is 0.211 e. The van der Waals surface area contributed by atoms with E-state index in [0.717, 1.165) is 66.5 Å². The van der Waals surface area contributed by atoms with Crippen LogP contribution in [0.3, 0.4) is 0 Å². The van der Waals surface area contributed by atoms with E-state index in [1.165, 1.54) is 10.8 Å². The third-order valence-electron chi connectivity index (χ3n) is 9.63. The lowest BCUT2D eigenvalue weighted by Crippen LogP contribution is -1.97. The van der Waals surface area contributed by atoms with Gasteiger partial charge in [-0.25, -0.2) is 4.85 Å². The molecule has 9 rings (SSSR count). The van der Waals surface area contributed by atoms with Gasteiger partial charge in [-0.05, 0) is 70.6 Å². The molecule has 5 heteroatoms. The van der Waals surface area contributed by atoms with E-state index >= 15 is 0 Å². The van der Waals surface area contributed by atoms with E-state index < -0.39 is 0 Å². The summed E-state index contributed by atoms with van der Waals surface area (Å²) >= 11 is 0. The number of fused-ring (bicyclic) bond motifs is 6. The summed E-state index contributed by atoms with van der Waals surface area (Å²) < 4.78 is 4.37. The predicted octanol–water partition coefficient (Wildman–Crippen LogP) is 11.5. The van der Waals surface area contributed by atoms with E-state index in [9.17, 15) is 10.5 Å². The second-order valence-electron chi connectivity index (χ2n) is 12.3. The summed E-state index contributed by atoms with van der Waals surface area (Å²) in [6.45, 7) is 7.87. The first-order valence-corrected chi connectivity index (χ1v) is 16.3. The van der Waals surface area contributed by atoms with E-state index in [0.29, 0.717) is 16.8 Å². The van der Waals surface area contributed by atoms with E-state index in [2.05, 4.69) is 119 Å². The number of rotatable bonds is 4. The van der Waals surface area contributed by atoms with E-state index in [4.69, 9.17) is 6.57 Å². The van der Waals surface area contributed by atoms with Crippen molar-refractivity contribution in [3.63, 3.8) is 0 Å². The Kier molecular flexibility index (Phi) is 6.56. The van der Waals surface area contributed by atoms with Crippen molar-refractivity contribution in [3.05, 3.63) is 174 Å². The molecule has 0 bridgehead atoms. The third kappa shape index (κ3) is 4.31. The molecular formula is C45H25N5. The Morgan fingerprint density at radius 1 is 0.500 bits per heavy atom. The lowest BCUT2D eigenvalue weighted by Gasteiger charge is -2.15. The number of hydrogen-bond acceptors (Lipinski definition) is 2. The molecule has 230 valence electrons. The molecule has 2 aromatic heterocycles. The van der Waals surface area contributed by atoms with E-state index in [-0.39, 0.29) is 0 Å². The molecule has 9 aromatic rings. The molecule has 0 radical (unpaired) electrons. The molecule has 0 atom stereocenters. The third-order valence-corrected chi connectivity index (χ3v) is 9.63. The minimum Gasteiger partial charge on any atom is -0.319 e. The Morgan fingerprint density at radius 2 is 1.14 bits per heavy atom. The fourth-order valence-corrected chi connectivity index (χ4v) is 7.42. The van der Waals surface area contributed by atoms with Crippen molar-refractivity contribution in [3.8, 4) is 45.8 Å². The normalized spacial score (nSPS) is 11.1. The monoisotopic (exact) mass is 635 g/mol. The molecule has 7 aromatic carbocycles. The average molecular weight is 636 g/mol. The maximum absolute atomic E-state index is 10.4. The lowest BCUT2D eigenvalue weighted by molar-refractivity contribution is 1.18. The van der Waals surface area contributed by atoms with Crippen molar-refractivity contribution in [2.75, 3.05) is 0 Å². The maximum atomic E-state index is 10.4. The van der Waals surface area contributed by atoms with Crippen LogP contribution in [0.5, 0.6) is 0 Å². The van der Waals surface area contributed by atoms with Gasteiger partial charge in [-0.2, -0.15) is 10.5 Å². The van der Waals surface area contributed by atoms with Crippen LogP contribution in [-0.4, -0.2) is 9.13 Å². The second-order valence-corrected chi connectivity index (χ2v) is 12.3. The van der Waals surface area contributed by atoms with Crippen LogP contribution in [0.4, 0.5) is 5.69 Å². The van der Waals surface area contributed by atoms with E-state index in [1.54, 1.807) is 12.1 Å². The van der Waals surface area contributed by atoms with Crippen LogP contribution in [0.15, 0.2) is 152 Å². The van der Waals surface area contributed by atoms with Gasteiger partial charge in [0.1, 0.15) is 0 Å². The van der Waals surface area contributed by atoms with Crippen LogP contribution < -0.4 is 0 Å². The highest BCUT2D eigenvalue weighted by molar-refractivity contribution is 6.14. The molecule has 0 saturated carbocycles. The Morgan fingerprint density at radius 3 is 1.84 bits per heavy atom. The Hall–Kier alpha value is -7.39. The summed E-state index contributed by atoms with van der Waals surface area (Å²) in [5.74, 6) is 0. The number of para-hydroxylation sites is 4. The average Bonchev–Trinajstić information content (AvgIpc) is 3.70. The summed E-state index contributed by atoms with van der Waals surface area (Å²) in [6, 6.07) is 55.7. The van der Waals surface area contributed by atoms with Gasteiger partial charge in [0.05, 0.1) is 57.6 Å². The summed E-state index contributed by atoms with van der Waals surface area (Å²) in [5, 5.41) is 24.2. The molecule has 0 saturated heterocycles. The molecule has 0 aliphatic carbocycles. The number of aromatic nitrogens is 2. The number of hydrogen-bond donors (Lipinski definition) is 0. The number of nitrogens with zero attached hydrogens (tertiary/aromatic N) is 5. The predicted molar refractivity (Wildman–Crippen MR) is 202 cm³/mol. The van der Waals surface area contributed by atoms with Gasteiger partial charge in [-0.15, -0.1) is 0 Å². The topological polar surface area (TPSA) is 61.8 Å². The van der Waals surface area contributed by atoms with Crippen molar-refractivity contribution in [2.24, 2.45) is 0 Å². The standard InChI is InChI=1S/C45H25N5/c1-48-40-13-8-12-38-39-25-29(27-46)17-24-44(39)49(45(38)40)33-22-23-34(32(26-33)28-47)30-18-20-31(21-19-30)35-9-2-5-14-41(35)50-42-15-6-3-10-36(42)37-11-4-7-16-43(37)50/h2-26H. The number of benzene rings is 7. The minimum atomic E-state index is 0.511. The lowest BCUT2D eigenvalue weighted by atomic mass is 9.96. The molecule has 0 unspecified atom stereocenters. The zero-order valence-corrected chi connectivity index (χ0v) is 26.7. The van der Waals surface area contributed by atoms with Gasteiger partial charge < -0.3 is 9.13 Å². The highest BCUT2D eigenvalue weighted by Gasteiger charge is 2.18. The van der Waals surface area contributed by atoms with Crippen LogP contribution >= 0.6 is 0 Å². The first-order chi connectivity index (χ1) is 24.7. The summed E-state index contributed by atoms with van der Waals surface area (Å²) in [6.07, 6.45) is 0. The minimum absolute atomic E-state index is 0.511. The Balaban J connectivity index is 1.15. The van der Waals surface area contributed by atoms with Gasteiger partial charge in [0.2, 0.25) is 5.69 Å². The molecular weight excluding hydrogens is 611 g/mol. The Labute approximate surface area is 288 Å². The first kappa shape index (κ1) is 28.8. The van der Waals surface area contributed by atoms with Crippen LogP contribution in [0.1, 0.15) is 11.1 Å². The molecule has 0 aliphatic heterocycles. The zero-order valence-electron chi connectivity index (χ0n) is 26.7. The number of nitriles is 2. The molecule has 0 aliphatic rings. The van der Waals surface area contributed by atoms with Crippen LogP contribution in [-0.2, 0) is 0 Å². The molecule has 0 N–H and O–H groups in total.